The van der Waals surface area contributed by atoms with Crippen LogP contribution >= 0.6 is 0 Å². The van der Waals surface area contributed by atoms with E-state index in [0.29, 0.717) is 19.7 Å². The van der Waals surface area contributed by atoms with Gasteiger partial charge in [0.2, 0.25) is 0 Å². The molecule has 1 N–H and O–H groups in total. The molecular weight excluding hydrogens is 184 g/mol. The minimum Gasteiger partial charge on any atom is -0.382 e. The lowest BCUT2D eigenvalue weighted by Crippen LogP contribution is -2.42. The Morgan fingerprint density at radius 3 is 2.57 bits per heavy atom. The maximum absolute atomic E-state index is 11.3. The standard InChI is InChI=1S/C9H20N2O3/c1-5-11(2)9(12)10-6-8(14-4)7-13-3/h8H,5-7H2,1-4H3,(H,10,12). The Balaban J connectivity index is 3.73. The minimum atomic E-state index is -0.0920. The molecule has 2 amide bonds. The fourth-order valence-electron chi connectivity index (χ4n) is 0.876. The monoisotopic (exact) mass is 204 g/mol. The maximum atomic E-state index is 11.3. The summed E-state index contributed by atoms with van der Waals surface area (Å²) in [5, 5.41) is 2.75. The summed E-state index contributed by atoms with van der Waals surface area (Å²) < 4.78 is 10.0. The van der Waals surface area contributed by atoms with E-state index in [1.54, 1.807) is 26.2 Å². The van der Waals surface area contributed by atoms with Crippen molar-refractivity contribution in [3.63, 3.8) is 0 Å². The zero-order valence-electron chi connectivity index (χ0n) is 9.37. The molecule has 0 aromatic rings. The summed E-state index contributed by atoms with van der Waals surface area (Å²) in [7, 11) is 4.94. The van der Waals surface area contributed by atoms with Crippen molar-refractivity contribution < 1.29 is 14.3 Å². The van der Waals surface area contributed by atoms with Gasteiger partial charge >= 0.3 is 6.03 Å². The number of rotatable bonds is 6. The molecule has 0 aliphatic rings. The molecule has 5 heteroatoms. The van der Waals surface area contributed by atoms with Crippen molar-refractivity contribution in [3.05, 3.63) is 0 Å². The van der Waals surface area contributed by atoms with Gasteiger partial charge in [-0.15, -0.1) is 0 Å². The Kier molecular flexibility index (Phi) is 7.14. The first-order valence-corrected chi connectivity index (χ1v) is 4.66. The first-order chi connectivity index (χ1) is 6.65. The van der Waals surface area contributed by atoms with Gasteiger partial charge in [-0.05, 0) is 6.92 Å². The van der Waals surface area contributed by atoms with Crippen LogP contribution in [0.25, 0.3) is 0 Å². The molecule has 14 heavy (non-hydrogen) atoms. The summed E-state index contributed by atoms with van der Waals surface area (Å²) in [6.07, 6.45) is -0.0887. The zero-order chi connectivity index (χ0) is 11.0. The molecule has 84 valence electrons. The van der Waals surface area contributed by atoms with Gasteiger partial charge in [0.05, 0.1) is 12.7 Å². The first kappa shape index (κ1) is 13.2. The van der Waals surface area contributed by atoms with E-state index in [1.807, 2.05) is 6.92 Å². The van der Waals surface area contributed by atoms with Crippen LogP contribution in [0.5, 0.6) is 0 Å². The van der Waals surface area contributed by atoms with Gasteiger partial charge in [-0.25, -0.2) is 4.79 Å². The Hall–Kier alpha value is -0.810. The second kappa shape index (κ2) is 7.58. The molecule has 0 aliphatic carbocycles. The number of nitrogens with one attached hydrogen (secondary N) is 1. The number of hydrogen-bond donors (Lipinski definition) is 1. The second-order valence-electron chi connectivity index (χ2n) is 3.01. The number of hydrogen-bond acceptors (Lipinski definition) is 3. The van der Waals surface area contributed by atoms with E-state index in [1.165, 1.54) is 0 Å². The van der Waals surface area contributed by atoms with Crippen molar-refractivity contribution in [2.75, 3.05) is 41.0 Å². The van der Waals surface area contributed by atoms with Crippen molar-refractivity contribution >= 4 is 6.03 Å². The third-order valence-corrected chi connectivity index (χ3v) is 1.99. The number of methoxy groups -OCH3 is 2. The highest BCUT2D eigenvalue weighted by molar-refractivity contribution is 5.73. The quantitative estimate of drug-likeness (QED) is 0.677. The summed E-state index contributed by atoms with van der Waals surface area (Å²) in [4.78, 5) is 12.9. The van der Waals surface area contributed by atoms with E-state index in [-0.39, 0.29) is 12.1 Å². The average molecular weight is 204 g/mol. The zero-order valence-corrected chi connectivity index (χ0v) is 9.37. The highest BCUT2D eigenvalue weighted by Crippen LogP contribution is 1.90. The Morgan fingerprint density at radius 1 is 1.50 bits per heavy atom. The minimum absolute atomic E-state index is 0.0887. The average Bonchev–Trinajstić information content (AvgIpc) is 2.22. The second-order valence-corrected chi connectivity index (χ2v) is 3.01. The van der Waals surface area contributed by atoms with Gasteiger partial charge in [-0.3, -0.25) is 0 Å². The van der Waals surface area contributed by atoms with Crippen LogP contribution in [0.2, 0.25) is 0 Å². The van der Waals surface area contributed by atoms with Crippen molar-refractivity contribution in [3.8, 4) is 0 Å². The lowest BCUT2D eigenvalue weighted by Gasteiger charge is -2.19. The Bertz CT molecular complexity index is 164. The van der Waals surface area contributed by atoms with Crippen LogP contribution < -0.4 is 5.32 Å². The van der Waals surface area contributed by atoms with E-state index >= 15 is 0 Å². The van der Waals surface area contributed by atoms with Gasteiger partial charge in [0.25, 0.3) is 0 Å². The third-order valence-electron chi connectivity index (χ3n) is 1.99. The van der Waals surface area contributed by atoms with Crippen LogP contribution in [0.3, 0.4) is 0 Å². The van der Waals surface area contributed by atoms with Crippen LogP contribution in [-0.4, -0.2) is 58.0 Å². The van der Waals surface area contributed by atoms with Crippen molar-refractivity contribution in [2.24, 2.45) is 0 Å². The number of amides is 2. The van der Waals surface area contributed by atoms with Gasteiger partial charge in [-0.2, -0.15) is 0 Å². The summed E-state index contributed by atoms with van der Waals surface area (Å²) in [6, 6.07) is -0.0920. The SMILES string of the molecule is CCN(C)C(=O)NCC(COC)OC. The number of carbonyl (C=O) groups excluding carboxylic acids is 1. The van der Waals surface area contributed by atoms with Crippen LogP contribution in [0, 0.1) is 0 Å². The normalized spacial score (nSPS) is 12.3. The molecule has 0 aromatic heterocycles. The molecule has 0 heterocycles. The molecule has 0 rings (SSSR count). The predicted octanol–water partition coefficient (Wildman–Crippen LogP) is 0.309. The summed E-state index contributed by atoms with van der Waals surface area (Å²) in [6.45, 7) is 3.55. The van der Waals surface area contributed by atoms with Crippen LogP contribution in [0.4, 0.5) is 4.79 Å². The van der Waals surface area contributed by atoms with E-state index in [2.05, 4.69) is 5.32 Å². The predicted molar refractivity (Wildman–Crippen MR) is 54.4 cm³/mol. The summed E-state index contributed by atoms with van der Waals surface area (Å²) in [5.41, 5.74) is 0. The van der Waals surface area contributed by atoms with Crippen molar-refractivity contribution in [1.29, 1.82) is 0 Å². The van der Waals surface area contributed by atoms with Crippen LogP contribution in [0.15, 0.2) is 0 Å². The molecule has 0 saturated heterocycles. The van der Waals surface area contributed by atoms with Crippen LogP contribution in [-0.2, 0) is 9.47 Å². The topological polar surface area (TPSA) is 50.8 Å². The van der Waals surface area contributed by atoms with Crippen molar-refractivity contribution in [2.45, 2.75) is 13.0 Å². The lowest BCUT2D eigenvalue weighted by molar-refractivity contribution is 0.0298. The van der Waals surface area contributed by atoms with Gasteiger partial charge in [-0.1, -0.05) is 0 Å². The number of carbonyl (C=O) groups is 1. The molecule has 0 spiro atoms. The molecular formula is C9H20N2O3. The van der Waals surface area contributed by atoms with E-state index in [0.717, 1.165) is 0 Å². The molecule has 1 unspecified atom stereocenters. The van der Waals surface area contributed by atoms with Gasteiger partial charge < -0.3 is 19.7 Å². The van der Waals surface area contributed by atoms with Crippen molar-refractivity contribution in [1.82, 2.24) is 10.2 Å². The maximum Gasteiger partial charge on any atom is 0.317 e. The highest BCUT2D eigenvalue weighted by Gasteiger charge is 2.10. The fraction of sp³-hybridized carbons (Fsp3) is 0.889. The molecule has 0 radical (unpaired) electrons. The van der Waals surface area contributed by atoms with E-state index in [9.17, 15) is 4.79 Å². The lowest BCUT2D eigenvalue weighted by atomic mass is 10.4. The largest absolute Gasteiger partial charge is 0.382 e. The molecule has 5 nitrogen and oxygen atoms in total. The summed E-state index contributed by atoms with van der Waals surface area (Å²) >= 11 is 0. The number of ether oxygens (including phenoxy) is 2. The molecule has 0 fully saturated rings. The number of nitrogens with zero attached hydrogens (tertiary/aromatic N) is 1. The molecule has 0 bridgehead atoms. The molecule has 0 aromatic carbocycles. The van der Waals surface area contributed by atoms with Gasteiger partial charge in [0.15, 0.2) is 0 Å². The Labute approximate surface area is 85.4 Å². The van der Waals surface area contributed by atoms with E-state index in [4.69, 9.17) is 9.47 Å². The van der Waals surface area contributed by atoms with E-state index < -0.39 is 0 Å². The van der Waals surface area contributed by atoms with Crippen LogP contribution in [0.1, 0.15) is 6.92 Å². The fourth-order valence-corrected chi connectivity index (χ4v) is 0.876. The smallest absolute Gasteiger partial charge is 0.317 e. The number of urea groups is 1. The first-order valence-electron chi connectivity index (χ1n) is 4.66. The highest BCUT2D eigenvalue weighted by atomic mass is 16.5. The van der Waals surface area contributed by atoms with Gasteiger partial charge in [0.1, 0.15) is 0 Å². The third kappa shape index (κ3) is 5.04. The van der Waals surface area contributed by atoms with Gasteiger partial charge in [0, 0.05) is 34.4 Å². The Morgan fingerprint density at radius 2 is 2.14 bits per heavy atom. The molecule has 0 saturated carbocycles. The summed E-state index contributed by atoms with van der Waals surface area (Å²) in [5.74, 6) is 0. The molecule has 1 atom stereocenters. The molecule has 0 aliphatic heterocycles.